The van der Waals surface area contributed by atoms with E-state index in [-0.39, 0.29) is 29.5 Å². The molecule has 0 spiro atoms. The van der Waals surface area contributed by atoms with Crippen molar-refractivity contribution >= 4 is 26.8 Å². The number of rotatable bonds is 6. The molecule has 0 bridgehead atoms. The third-order valence-corrected chi connectivity index (χ3v) is 7.25. The lowest BCUT2D eigenvalue weighted by atomic mass is 10.0. The van der Waals surface area contributed by atoms with E-state index in [1.807, 2.05) is 44.2 Å². The van der Waals surface area contributed by atoms with Gasteiger partial charge in [0.1, 0.15) is 0 Å². The molecule has 1 aliphatic heterocycles. The maximum atomic E-state index is 13.2. The fourth-order valence-corrected chi connectivity index (χ4v) is 5.76. The molecule has 164 valence electrons. The highest BCUT2D eigenvalue weighted by Gasteiger charge is 2.32. The van der Waals surface area contributed by atoms with E-state index in [2.05, 4.69) is 10.4 Å². The van der Waals surface area contributed by atoms with E-state index in [1.165, 1.54) is 0 Å². The third-order valence-electron chi connectivity index (χ3n) is 5.50. The molecule has 1 N–H and O–H groups in total. The summed E-state index contributed by atoms with van der Waals surface area (Å²) in [5.74, 6) is -0.0682. The number of fused-ring (bicyclic) bond motifs is 1. The Balaban J connectivity index is 1.88. The maximum Gasteiger partial charge on any atom is 0.252 e. The van der Waals surface area contributed by atoms with Crippen molar-refractivity contribution in [3.63, 3.8) is 0 Å². The van der Waals surface area contributed by atoms with Gasteiger partial charge in [-0.1, -0.05) is 30.3 Å². The van der Waals surface area contributed by atoms with Crippen molar-refractivity contribution in [1.82, 2.24) is 20.1 Å². The molecular formula is C22H26N4O4S. The number of sulfone groups is 1. The summed E-state index contributed by atoms with van der Waals surface area (Å²) in [6, 6.07) is 10.9. The van der Waals surface area contributed by atoms with Crippen LogP contribution in [-0.2, 0) is 14.6 Å². The van der Waals surface area contributed by atoms with Crippen molar-refractivity contribution in [1.29, 1.82) is 0 Å². The van der Waals surface area contributed by atoms with Crippen LogP contribution in [0.4, 0.5) is 0 Å². The number of benzene rings is 1. The first-order chi connectivity index (χ1) is 14.8. The van der Waals surface area contributed by atoms with Crippen LogP contribution in [0.15, 0.2) is 36.4 Å². The fraction of sp³-hybridized carbons (Fsp3) is 0.409. The van der Waals surface area contributed by atoms with Crippen LogP contribution in [0.1, 0.15) is 35.4 Å². The van der Waals surface area contributed by atoms with Gasteiger partial charge in [-0.05, 0) is 26.3 Å². The molecule has 31 heavy (non-hydrogen) atoms. The van der Waals surface area contributed by atoms with Crippen molar-refractivity contribution in [3.8, 4) is 11.3 Å². The second kappa shape index (κ2) is 8.39. The van der Waals surface area contributed by atoms with Crippen LogP contribution in [0.3, 0.4) is 0 Å². The Morgan fingerprint density at radius 2 is 2.06 bits per heavy atom. The van der Waals surface area contributed by atoms with Gasteiger partial charge >= 0.3 is 0 Å². The molecule has 0 saturated carbocycles. The van der Waals surface area contributed by atoms with E-state index in [0.717, 1.165) is 5.56 Å². The molecule has 1 amide bonds. The summed E-state index contributed by atoms with van der Waals surface area (Å²) in [6.07, 6.45) is 0.488. The summed E-state index contributed by atoms with van der Waals surface area (Å²) >= 11 is 0. The highest BCUT2D eigenvalue weighted by Crippen LogP contribution is 2.32. The van der Waals surface area contributed by atoms with E-state index < -0.39 is 9.84 Å². The Hall–Kier alpha value is -2.78. The monoisotopic (exact) mass is 442 g/mol. The van der Waals surface area contributed by atoms with Gasteiger partial charge in [-0.2, -0.15) is 5.10 Å². The van der Waals surface area contributed by atoms with Gasteiger partial charge in [0.15, 0.2) is 15.5 Å². The van der Waals surface area contributed by atoms with Gasteiger partial charge < -0.3 is 10.1 Å². The highest BCUT2D eigenvalue weighted by molar-refractivity contribution is 7.91. The smallest absolute Gasteiger partial charge is 0.252 e. The average molecular weight is 443 g/mol. The van der Waals surface area contributed by atoms with Gasteiger partial charge in [0.2, 0.25) is 0 Å². The Labute approximate surface area is 181 Å². The Bertz CT molecular complexity index is 1220. The van der Waals surface area contributed by atoms with Crippen LogP contribution in [0.25, 0.3) is 22.3 Å². The summed E-state index contributed by atoms with van der Waals surface area (Å²) in [6.45, 7) is 4.09. The number of ether oxygens (including phenoxy) is 1. The summed E-state index contributed by atoms with van der Waals surface area (Å²) < 4.78 is 31.0. The van der Waals surface area contributed by atoms with E-state index >= 15 is 0 Å². The lowest BCUT2D eigenvalue weighted by molar-refractivity contribution is 0.0907. The highest BCUT2D eigenvalue weighted by atomic mass is 32.2. The predicted molar refractivity (Wildman–Crippen MR) is 119 cm³/mol. The SMILES string of the molecule is COC[C@@H](C)NC(=O)c1cc(-c2ccccc2)nc2c1c(C)nn2[C@H]1CCS(=O)(=O)C1. The van der Waals surface area contributed by atoms with Crippen LogP contribution < -0.4 is 5.32 Å². The van der Waals surface area contributed by atoms with Crippen LogP contribution >= 0.6 is 0 Å². The quantitative estimate of drug-likeness (QED) is 0.629. The number of pyridine rings is 1. The largest absolute Gasteiger partial charge is 0.383 e. The lowest BCUT2D eigenvalue weighted by Gasteiger charge is -2.15. The second-order valence-electron chi connectivity index (χ2n) is 8.04. The summed E-state index contributed by atoms with van der Waals surface area (Å²) in [5.41, 5.74) is 3.16. The molecule has 4 rings (SSSR count). The topological polar surface area (TPSA) is 103 Å². The van der Waals surface area contributed by atoms with E-state index in [9.17, 15) is 13.2 Å². The molecule has 9 heteroatoms. The minimum Gasteiger partial charge on any atom is -0.383 e. The number of hydrogen-bond acceptors (Lipinski definition) is 6. The predicted octanol–water partition coefficient (Wildman–Crippen LogP) is 2.53. The number of hydrogen-bond donors (Lipinski definition) is 1. The molecule has 0 unspecified atom stereocenters. The van der Waals surface area contributed by atoms with Crippen molar-refractivity contribution in [3.05, 3.63) is 47.7 Å². The zero-order valence-electron chi connectivity index (χ0n) is 17.8. The van der Waals surface area contributed by atoms with Gasteiger partial charge in [-0.25, -0.2) is 18.1 Å². The minimum absolute atomic E-state index is 0.0346. The number of nitrogens with zero attached hydrogens (tertiary/aromatic N) is 3. The Morgan fingerprint density at radius 3 is 2.71 bits per heavy atom. The van der Waals surface area contributed by atoms with Crippen LogP contribution in [0, 0.1) is 6.92 Å². The normalized spacial score (nSPS) is 18.9. The molecule has 0 aliphatic carbocycles. The maximum absolute atomic E-state index is 13.2. The van der Waals surface area contributed by atoms with Gasteiger partial charge in [0.05, 0.1) is 46.5 Å². The molecule has 2 atom stereocenters. The molecule has 1 saturated heterocycles. The van der Waals surface area contributed by atoms with E-state index in [1.54, 1.807) is 17.9 Å². The summed E-state index contributed by atoms with van der Waals surface area (Å²) in [5, 5.41) is 8.22. The number of carbonyl (C=O) groups excluding carboxylic acids is 1. The summed E-state index contributed by atoms with van der Waals surface area (Å²) in [4.78, 5) is 18.0. The van der Waals surface area contributed by atoms with Crippen LogP contribution in [-0.4, -0.2) is 60.4 Å². The van der Waals surface area contributed by atoms with Gasteiger partial charge in [0.25, 0.3) is 5.91 Å². The Morgan fingerprint density at radius 1 is 1.32 bits per heavy atom. The average Bonchev–Trinajstić information content (AvgIpc) is 3.27. The molecule has 1 aliphatic rings. The molecular weight excluding hydrogens is 416 g/mol. The molecule has 3 heterocycles. The van der Waals surface area contributed by atoms with Crippen LogP contribution in [0.5, 0.6) is 0 Å². The number of nitrogens with one attached hydrogen (secondary N) is 1. The van der Waals surface area contributed by atoms with Gasteiger partial charge in [-0.3, -0.25) is 4.79 Å². The lowest BCUT2D eigenvalue weighted by Crippen LogP contribution is -2.35. The van der Waals surface area contributed by atoms with Crippen molar-refractivity contribution in [2.75, 3.05) is 25.2 Å². The van der Waals surface area contributed by atoms with Gasteiger partial charge in [-0.15, -0.1) is 0 Å². The zero-order chi connectivity index (χ0) is 22.2. The second-order valence-corrected chi connectivity index (χ2v) is 10.3. The number of carbonyl (C=O) groups is 1. The van der Waals surface area contributed by atoms with Crippen molar-refractivity contribution in [2.24, 2.45) is 0 Å². The molecule has 0 radical (unpaired) electrons. The molecule has 1 fully saturated rings. The molecule has 1 aromatic carbocycles. The molecule has 3 aromatic rings. The molecule has 2 aromatic heterocycles. The zero-order valence-corrected chi connectivity index (χ0v) is 18.6. The number of methoxy groups -OCH3 is 1. The minimum atomic E-state index is -3.10. The van der Waals surface area contributed by atoms with E-state index in [0.29, 0.717) is 41.0 Å². The first kappa shape index (κ1) is 21.5. The first-order valence-corrected chi connectivity index (χ1v) is 12.1. The van der Waals surface area contributed by atoms with Crippen molar-refractivity contribution in [2.45, 2.75) is 32.4 Å². The number of aromatic nitrogens is 3. The van der Waals surface area contributed by atoms with Crippen LogP contribution in [0.2, 0.25) is 0 Å². The fourth-order valence-electron chi connectivity index (χ4n) is 4.06. The van der Waals surface area contributed by atoms with E-state index in [4.69, 9.17) is 9.72 Å². The first-order valence-electron chi connectivity index (χ1n) is 10.2. The molecule has 8 nitrogen and oxygen atoms in total. The number of aryl methyl sites for hydroxylation is 1. The number of amides is 1. The summed E-state index contributed by atoms with van der Waals surface area (Å²) in [7, 11) is -1.51. The third kappa shape index (κ3) is 4.33. The van der Waals surface area contributed by atoms with Gasteiger partial charge in [0, 0.05) is 18.7 Å². The Kier molecular flexibility index (Phi) is 5.81. The van der Waals surface area contributed by atoms with Crippen molar-refractivity contribution < 1.29 is 17.9 Å². The standard InChI is InChI=1S/C22H26N4O4S/c1-14(12-30-3)23-22(27)18-11-19(16-7-5-4-6-8-16)24-21-20(18)15(2)25-26(21)17-9-10-31(28,29)13-17/h4-8,11,14,17H,9-10,12-13H2,1-3H3,(H,23,27)/t14-,17+/m1/s1.